The Hall–Kier alpha value is -0.134. The van der Waals surface area contributed by atoms with E-state index in [1.807, 2.05) is 0 Å². The summed E-state index contributed by atoms with van der Waals surface area (Å²) >= 11 is 0. The Morgan fingerprint density at radius 2 is 1.77 bits per heavy atom. The van der Waals surface area contributed by atoms with E-state index in [1.54, 1.807) is 0 Å². The van der Waals surface area contributed by atoms with E-state index in [0.29, 0.717) is 6.07 Å². The Bertz CT molecular complexity index is 283. The van der Waals surface area contributed by atoms with E-state index in [2.05, 4.69) is 4.74 Å². The third-order valence-electron chi connectivity index (χ3n) is 1.12. The zero-order valence-corrected chi connectivity index (χ0v) is 8.87. The molecule has 0 N–H and O–H groups in total. The van der Waals surface area contributed by atoms with Crippen molar-refractivity contribution in [3.63, 3.8) is 0 Å². The predicted octanol–water partition coefficient (Wildman–Crippen LogP) is -1.46. The summed E-state index contributed by atoms with van der Waals surface area (Å²) in [4.78, 5) is 0. The molecular weight excluding hydrogens is 217 g/mol. The van der Waals surface area contributed by atoms with Crippen molar-refractivity contribution in [2.45, 2.75) is 0 Å². The van der Waals surface area contributed by atoms with Crippen molar-refractivity contribution in [2.24, 2.45) is 0 Å². The summed E-state index contributed by atoms with van der Waals surface area (Å²) in [5.41, 5.74) is 0. The summed E-state index contributed by atoms with van der Waals surface area (Å²) in [5.74, 6) is -3.91. The predicted molar refractivity (Wildman–Crippen MR) is 37.5 cm³/mol. The van der Waals surface area contributed by atoms with Gasteiger partial charge < -0.3 is 17.1 Å². The largest absolute Gasteiger partial charge is 2.00 e. The van der Waals surface area contributed by atoms with Gasteiger partial charge in [-0.05, 0) is 0 Å². The first-order chi connectivity index (χ1) is 5.15. The molecule has 0 aromatic heterocycles. The molecule has 0 amide bonds. The zero-order valence-electron chi connectivity index (χ0n) is 6.70. The Balaban J connectivity index is 0. The fourth-order valence-corrected chi connectivity index (χ4v) is 0.608. The van der Waals surface area contributed by atoms with Gasteiger partial charge >= 0.3 is 23.1 Å². The quantitative estimate of drug-likeness (QED) is 0.319. The van der Waals surface area contributed by atoms with Crippen molar-refractivity contribution < 1.29 is 30.3 Å². The zero-order chi connectivity index (χ0) is 8.43. The summed E-state index contributed by atoms with van der Waals surface area (Å²) in [6, 6.07) is 2.15. The molecule has 0 heterocycles. The molecule has 0 aliphatic carbocycles. The molecule has 0 atom stereocenters. The SMILES string of the molecule is COc1cc(F)c(F)[c-]c1F.[Cl-].[Mg+2]. The molecule has 1 aromatic carbocycles. The van der Waals surface area contributed by atoms with Crippen molar-refractivity contribution >= 4 is 23.1 Å². The third-order valence-corrected chi connectivity index (χ3v) is 1.12. The summed E-state index contributed by atoms with van der Waals surface area (Å²) in [6.45, 7) is 0. The number of rotatable bonds is 1. The summed E-state index contributed by atoms with van der Waals surface area (Å²) in [5, 5.41) is 0. The van der Waals surface area contributed by atoms with Gasteiger partial charge in [0.2, 0.25) is 0 Å². The van der Waals surface area contributed by atoms with Gasteiger partial charge in [0.1, 0.15) is 0 Å². The normalized spacial score (nSPS) is 8.31. The first kappa shape index (κ1) is 15.3. The monoisotopic (exact) mass is 220 g/mol. The van der Waals surface area contributed by atoms with E-state index in [1.165, 1.54) is 6.07 Å². The van der Waals surface area contributed by atoms with Crippen LogP contribution in [-0.4, -0.2) is 30.2 Å². The maximum absolute atomic E-state index is 12.4. The van der Waals surface area contributed by atoms with E-state index < -0.39 is 17.5 Å². The Morgan fingerprint density at radius 1 is 1.23 bits per heavy atom. The fourth-order valence-electron chi connectivity index (χ4n) is 0.608. The summed E-state index contributed by atoms with van der Waals surface area (Å²) < 4.78 is 41.3. The molecule has 6 heteroatoms. The number of hydrogen-bond acceptors (Lipinski definition) is 1. The van der Waals surface area contributed by atoms with Crippen LogP contribution >= 0.6 is 0 Å². The molecule has 0 aliphatic rings. The maximum atomic E-state index is 12.4. The van der Waals surface area contributed by atoms with Gasteiger partial charge in [0.05, 0.1) is 12.9 Å². The van der Waals surface area contributed by atoms with Crippen LogP contribution in [0.3, 0.4) is 0 Å². The average Bonchev–Trinajstić information content (AvgIpc) is 1.97. The minimum absolute atomic E-state index is 0. The van der Waals surface area contributed by atoms with Crippen molar-refractivity contribution in [1.82, 2.24) is 0 Å². The standard InChI is InChI=1S/C7H4F3O.ClH.Mg/c1-11-7-3-5(9)4(8)2-6(7)10;;/h3H,1H3;1H;/q-1;;+2/p-1. The summed E-state index contributed by atoms with van der Waals surface area (Å²) in [6.07, 6.45) is 0. The molecule has 1 aromatic rings. The number of benzene rings is 1. The van der Waals surface area contributed by atoms with Gasteiger partial charge in [-0.2, -0.15) is 0 Å². The van der Waals surface area contributed by atoms with E-state index in [-0.39, 0.29) is 41.2 Å². The molecule has 68 valence electrons. The first-order valence-electron chi connectivity index (χ1n) is 2.76. The van der Waals surface area contributed by atoms with Crippen LogP contribution < -0.4 is 17.1 Å². The van der Waals surface area contributed by atoms with E-state index in [9.17, 15) is 13.2 Å². The molecule has 0 radical (unpaired) electrons. The number of ether oxygens (including phenoxy) is 1. The van der Waals surface area contributed by atoms with Gasteiger partial charge in [0.25, 0.3) is 0 Å². The summed E-state index contributed by atoms with van der Waals surface area (Å²) in [7, 11) is 1.16. The molecule has 1 rings (SSSR count). The maximum Gasteiger partial charge on any atom is 2.00 e. The van der Waals surface area contributed by atoms with Gasteiger partial charge in [-0.3, -0.25) is 4.39 Å². The van der Waals surface area contributed by atoms with Gasteiger partial charge in [-0.15, -0.1) is 6.07 Å². The van der Waals surface area contributed by atoms with Crippen LogP contribution in [0.15, 0.2) is 6.07 Å². The molecule has 0 aliphatic heterocycles. The van der Waals surface area contributed by atoms with Crippen molar-refractivity contribution in [2.75, 3.05) is 7.11 Å². The molecule has 13 heavy (non-hydrogen) atoms. The minimum Gasteiger partial charge on any atom is -1.00 e. The Kier molecular flexibility index (Phi) is 7.48. The Labute approximate surface area is 95.8 Å². The van der Waals surface area contributed by atoms with Crippen LogP contribution in [0.25, 0.3) is 0 Å². The second-order valence-corrected chi connectivity index (χ2v) is 1.81. The van der Waals surface area contributed by atoms with Crippen LogP contribution in [0.1, 0.15) is 0 Å². The molecule has 0 saturated carbocycles. The molecule has 0 bridgehead atoms. The van der Waals surface area contributed by atoms with Crippen molar-refractivity contribution in [1.29, 1.82) is 0 Å². The minimum atomic E-state index is -1.34. The third kappa shape index (κ3) is 3.62. The average molecular weight is 221 g/mol. The first-order valence-corrected chi connectivity index (χ1v) is 2.76. The van der Waals surface area contributed by atoms with Crippen LogP contribution in [0.2, 0.25) is 0 Å². The smallest absolute Gasteiger partial charge is 1.00 e. The molecule has 0 spiro atoms. The van der Waals surface area contributed by atoms with Crippen LogP contribution in [0.5, 0.6) is 5.75 Å². The topological polar surface area (TPSA) is 9.23 Å². The second kappa shape index (κ2) is 6.34. The number of hydrogen-bond donors (Lipinski definition) is 0. The van der Waals surface area contributed by atoms with E-state index in [4.69, 9.17) is 0 Å². The molecular formula is C7H4ClF3MgO. The molecule has 0 unspecified atom stereocenters. The Morgan fingerprint density at radius 3 is 2.23 bits per heavy atom. The van der Waals surface area contributed by atoms with E-state index >= 15 is 0 Å². The van der Waals surface area contributed by atoms with Gasteiger partial charge in [0.15, 0.2) is 0 Å². The van der Waals surface area contributed by atoms with Gasteiger partial charge in [-0.1, -0.05) is 6.07 Å². The van der Waals surface area contributed by atoms with Crippen LogP contribution in [0.4, 0.5) is 13.2 Å². The van der Waals surface area contributed by atoms with Gasteiger partial charge in [-0.25, -0.2) is 8.78 Å². The van der Waals surface area contributed by atoms with Crippen molar-refractivity contribution in [3.05, 3.63) is 29.6 Å². The molecule has 0 fully saturated rings. The number of methoxy groups -OCH3 is 1. The van der Waals surface area contributed by atoms with Crippen LogP contribution in [-0.2, 0) is 0 Å². The molecule has 1 nitrogen and oxygen atoms in total. The fraction of sp³-hybridized carbons (Fsp3) is 0.143. The van der Waals surface area contributed by atoms with Crippen molar-refractivity contribution in [3.8, 4) is 5.75 Å². The molecule has 0 saturated heterocycles. The van der Waals surface area contributed by atoms with Crippen LogP contribution in [0, 0.1) is 23.5 Å². The second-order valence-electron chi connectivity index (χ2n) is 1.81. The van der Waals surface area contributed by atoms with E-state index in [0.717, 1.165) is 7.11 Å². The van der Waals surface area contributed by atoms with Gasteiger partial charge in [0, 0.05) is 17.4 Å². The number of halogens is 4.